The molecule has 1 aromatic carbocycles. The fraction of sp³-hybridized carbons (Fsp3) is 0.417. The lowest BCUT2D eigenvalue weighted by molar-refractivity contribution is 0.0466. The van der Waals surface area contributed by atoms with Crippen LogP contribution in [-0.2, 0) is 4.74 Å². The Bertz CT molecular complexity index is 453. The second kappa shape index (κ2) is 5.56. The van der Waals surface area contributed by atoms with Gasteiger partial charge in [0.15, 0.2) is 0 Å². The quantitative estimate of drug-likeness (QED) is 0.842. The van der Waals surface area contributed by atoms with Crippen molar-refractivity contribution in [3.63, 3.8) is 0 Å². The third-order valence-corrected chi connectivity index (χ3v) is 3.28. The Morgan fingerprint density at radius 1 is 1.56 bits per heavy atom. The minimum absolute atomic E-state index is 0.0191. The van der Waals surface area contributed by atoms with Crippen LogP contribution in [0.2, 0.25) is 5.02 Å². The topological polar surface area (TPSA) is 81.6 Å². The molecule has 0 radical (unpaired) electrons. The molecule has 98 valence electrons. The van der Waals surface area contributed by atoms with Crippen LogP contribution in [0.1, 0.15) is 10.4 Å². The van der Waals surface area contributed by atoms with E-state index in [9.17, 15) is 4.79 Å². The van der Waals surface area contributed by atoms with Gasteiger partial charge >= 0.3 is 0 Å². The first kappa shape index (κ1) is 13.1. The van der Waals surface area contributed by atoms with E-state index in [4.69, 9.17) is 27.8 Å². The fourth-order valence-corrected chi connectivity index (χ4v) is 2.30. The van der Waals surface area contributed by atoms with E-state index in [2.05, 4.69) is 4.90 Å². The van der Waals surface area contributed by atoms with Crippen LogP contribution in [0.25, 0.3) is 0 Å². The van der Waals surface area contributed by atoms with Gasteiger partial charge in [-0.1, -0.05) is 11.6 Å². The maximum atomic E-state index is 11.1. The first-order chi connectivity index (χ1) is 8.61. The monoisotopic (exact) mass is 269 g/mol. The number of carbonyl (C=O) groups is 1. The first-order valence-corrected chi connectivity index (χ1v) is 6.15. The standard InChI is InChI=1S/C12H16ClN3O2/c13-10-5-8(12(15)17)1-2-11(10)16-3-4-18-9(6-14)7-16/h1-2,5,9H,3-4,6-7,14H2,(H2,15,17). The zero-order valence-electron chi connectivity index (χ0n) is 9.93. The highest BCUT2D eigenvalue weighted by molar-refractivity contribution is 6.33. The number of benzene rings is 1. The summed E-state index contributed by atoms with van der Waals surface area (Å²) in [5.74, 6) is -0.481. The highest BCUT2D eigenvalue weighted by Gasteiger charge is 2.21. The minimum Gasteiger partial charge on any atom is -0.373 e. The molecule has 2 rings (SSSR count). The maximum Gasteiger partial charge on any atom is 0.248 e. The molecule has 1 atom stereocenters. The Balaban J connectivity index is 2.20. The number of anilines is 1. The third-order valence-electron chi connectivity index (χ3n) is 2.97. The summed E-state index contributed by atoms with van der Waals surface area (Å²) in [6.07, 6.45) is 0.0191. The van der Waals surface area contributed by atoms with Crippen LogP contribution in [0, 0.1) is 0 Å². The van der Waals surface area contributed by atoms with Gasteiger partial charge in [0.1, 0.15) is 0 Å². The van der Waals surface area contributed by atoms with E-state index >= 15 is 0 Å². The van der Waals surface area contributed by atoms with Crippen molar-refractivity contribution < 1.29 is 9.53 Å². The molecule has 0 aromatic heterocycles. The minimum atomic E-state index is -0.481. The Morgan fingerprint density at radius 2 is 2.33 bits per heavy atom. The van der Waals surface area contributed by atoms with E-state index < -0.39 is 5.91 Å². The van der Waals surface area contributed by atoms with Gasteiger partial charge in [-0.25, -0.2) is 0 Å². The second-order valence-electron chi connectivity index (χ2n) is 4.20. The number of morpholine rings is 1. The number of nitrogens with two attached hydrogens (primary N) is 2. The molecule has 1 saturated heterocycles. The number of rotatable bonds is 3. The Hall–Kier alpha value is -1.30. The van der Waals surface area contributed by atoms with Gasteiger partial charge < -0.3 is 21.1 Å². The van der Waals surface area contributed by atoms with E-state index in [0.29, 0.717) is 30.3 Å². The largest absolute Gasteiger partial charge is 0.373 e. The summed E-state index contributed by atoms with van der Waals surface area (Å²) in [7, 11) is 0. The van der Waals surface area contributed by atoms with E-state index in [1.54, 1.807) is 18.2 Å². The van der Waals surface area contributed by atoms with E-state index in [1.165, 1.54) is 0 Å². The molecule has 0 bridgehead atoms. The van der Waals surface area contributed by atoms with E-state index in [0.717, 1.165) is 12.2 Å². The molecule has 6 heteroatoms. The third kappa shape index (κ3) is 2.75. The average molecular weight is 270 g/mol. The molecule has 1 aliphatic heterocycles. The molecule has 4 N–H and O–H groups in total. The SMILES string of the molecule is NCC1CN(c2ccc(C(N)=O)cc2Cl)CCO1. The summed E-state index contributed by atoms with van der Waals surface area (Å²) in [5.41, 5.74) is 12.1. The summed E-state index contributed by atoms with van der Waals surface area (Å²) in [5, 5.41) is 0.518. The highest BCUT2D eigenvalue weighted by Crippen LogP contribution is 2.28. The zero-order valence-corrected chi connectivity index (χ0v) is 10.7. The summed E-state index contributed by atoms with van der Waals surface area (Å²) < 4.78 is 5.50. The van der Waals surface area contributed by atoms with Crippen LogP contribution in [0.5, 0.6) is 0 Å². The molecule has 1 unspecified atom stereocenters. The smallest absolute Gasteiger partial charge is 0.248 e. The van der Waals surface area contributed by atoms with Crippen molar-refractivity contribution in [1.29, 1.82) is 0 Å². The number of nitrogens with zero attached hydrogens (tertiary/aromatic N) is 1. The van der Waals surface area contributed by atoms with Crippen molar-refractivity contribution in [3.8, 4) is 0 Å². The lowest BCUT2D eigenvalue weighted by atomic mass is 10.1. The molecule has 1 fully saturated rings. The maximum absolute atomic E-state index is 11.1. The zero-order chi connectivity index (χ0) is 13.1. The summed E-state index contributed by atoms with van der Waals surface area (Å²) in [4.78, 5) is 13.2. The predicted molar refractivity (Wildman–Crippen MR) is 71.0 cm³/mol. The van der Waals surface area contributed by atoms with Crippen LogP contribution in [0.4, 0.5) is 5.69 Å². The van der Waals surface area contributed by atoms with Gasteiger partial charge in [0.25, 0.3) is 0 Å². The van der Waals surface area contributed by atoms with Gasteiger partial charge in [0.05, 0.1) is 23.4 Å². The first-order valence-electron chi connectivity index (χ1n) is 5.77. The van der Waals surface area contributed by atoms with Crippen molar-refractivity contribution in [2.45, 2.75) is 6.10 Å². The Kier molecular flexibility index (Phi) is 4.06. The van der Waals surface area contributed by atoms with Gasteiger partial charge in [-0.05, 0) is 18.2 Å². The number of primary amides is 1. The number of halogens is 1. The number of ether oxygens (including phenoxy) is 1. The Labute approximate surface area is 111 Å². The van der Waals surface area contributed by atoms with Crippen molar-refractivity contribution in [2.75, 3.05) is 31.1 Å². The Morgan fingerprint density at radius 3 is 2.94 bits per heavy atom. The predicted octanol–water partition coefficient (Wildman–Crippen LogP) is 0.603. The molecule has 0 spiro atoms. The van der Waals surface area contributed by atoms with Crippen molar-refractivity contribution in [2.24, 2.45) is 11.5 Å². The molecule has 5 nitrogen and oxygen atoms in total. The van der Waals surface area contributed by atoms with Gasteiger partial charge in [-0.15, -0.1) is 0 Å². The lowest BCUT2D eigenvalue weighted by Crippen LogP contribution is -2.45. The average Bonchev–Trinajstić information content (AvgIpc) is 2.38. The van der Waals surface area contributed by atoms with Gasteiger partial charge in [0, 0.05) is 25.2 Å². The summed E-state index contributed by atoms with van der Waals surface area (Å²) in [6, 6.07) is 5.07. The molecule has 1 aromatic rings. The molecular formula is C12H16ClN3O2. The molecule has 0 aliphatic carbocycles. The van der Waals surface area contributed by atoms with Crippen LogP contribution in [0.15, 0.2) is 18.2 Å². The van der Waals surface area contributed by atoms with Crippen molar-refractivity contribution >= 4 is 23.2 Å². The molecular weight excluding hydrogens is 254 g/mol. The summed E-state index contributed by atoms with van der Waals surface area (Å²) >= 11 is 6.18. The summed E-state index contributed by atoms with van der Waals surface area (Å²) in [6.45, 7) is 2.56. The van der Waals surface area contributed by atoms with Gasteiger partial charge in [0.2, 0.25) is 5.91 Å². The molecule has 1 amide bonds. The second-order valence-corrected chi connectivity index (χ2v) is 4.61. The lowest BCUT2D eigenvalue weighted by Gasteiger charge is -2.34. The number of carbonyl (C=O) groups excluding carboxylic acids is 1. The van der Waals surface area contributed by atoms with Crippen LogP contribution >= 0.6 is 11.6 Å². The van der Waals surface area contributed by atoms with Crippen LogP contribution < -0.4 is 16.4 Å². The number of hydrogen-bond acceptors (Lipinski definition) is 4. The van der Waals surface area contributed by atoms with Crippen LogP contribution in [0.3, 0.4) is 0 Å². The van der Waals surface area contributed by atoms with Crippen molar-refractivity contribution in [1.82, 2.24) is 0 Å². The molecule has 0 saturated carbocycles. The van der Waals surface area contributed by atoms with Crippen molar-refractivity contribution in [3.05, 3.63) is 28.8 Å². The highest BCUT2D eigenvalue weighted by atomic mass is 35.5. The fourth-order valence-electron chi connectivity index (χ4n) is 2.00. The number of amides is 1. The molecule has 1 aliphatic rings. The molecule has 1 heterocycles. The molecule has 18 heavy (non-hydrogen) atoms. The van der Waals surface area contributed by atoms with E-state index in [-0.39, 0.29) is 6.10 Å². The van der Waals surface area contributed by atoms with Gasteiger partial charge in [-0.2, -0.15) is 0 Å². The van der Waals surface area contributed by atoms with Gasteiger partial charge in [-0.3, -0.25) is 4.79 Å². The number of hydrogen-bond donors (Lipinski definition) is 2. The van der Waals surface area contributed by atoms with Crippen LogP contribution in [-0.4, -0.2) is 38.3 Å². The van der Waals surface area contributed by atoms with E-state index in [1.807, 2.05) is 0 Å². The normalized spacial score (nSPS) is 19.9.